The Morgan fingerprint density at radius 3 is 2.64 bits per heavy atom. The molecule has 3 aromatic heterocycles. The Morgan fingerprint density at radius 2 is 1.79 bits per heavy atom. The molecule has 4 aromatic rings. The molecule has 1 fully saturated rings. The zero-order chi connectivity index (χ0) is 18.8. The van der Waals surface area contributed by atoms with Crippen molar-refractivity contribution >= 4 is 38.7 Å². The molecule has 5 rings (SSSR count). The zero-order valence-electron chi connectivity index (χ0n) is 15.5. The van der Waals surface area contributed by atoms with Gasteiger partial charge in [-0.1, -0.05) is 30.3 Å². The standard InChI is InChI=1S/C21H21N5S2/c1-2-4-16(5-3-1)12-19-24-17(14-28-19)13-25-7-9-26(10-8-25)20-18-6-11-27-21(18)23-15-22-20/h1-6,11,14-15H,7-10,12-13H2. The first kappa shape index (κ1) is 17.7. The molecule has 0 aliphatic carbocycles. The van der Waals surface area contributed by atoms with Crippen molar-refractivity contribution in [2.24, 2.45) is 0 Å². The second-order valence-corrected chi connectivity index (χ2v) is 8.83. The van der Waals surface area contributed by atoms with Crippen molar-refractivity contribution in [3.05, 3.63) is 69.8 Å². The molecule has 142 valence electrons. The lowest BCUT2D eigenvalue weighted by Gasteiger charge is -2.35. The van der Waals surface area contributed by atoms with Crippen LogP contribution in [0, 0.1) is 0 Å². The summed E-state index contributed by atoms with van der Waals surface area (Å²) in [6, 6.07) is 12.7. The Hall–Kier alpha value is -2.35. The van der Waals surface area contributed by atoms with Crippen molar-refractivity contribution in [2.75, 3.05) is 31.1 Å². The Balaban J connectivity index is 1.19. The second kappa shape index (κ2) is 7.95. The first-order valence-electron chi connectivity index (χ1n) is 9.48. The molecule has 7 heteroatoms. The number of fused-ring (bicyclic) bond motifs is 1. The number of thiazole rings is 1. The number of nitrogens with zero attached hydrogens (tertiary/aromatic N) is 5. The monoisotopic (exact) mass is 407 g/mol. The van der Waals surface area contributed by atoms with E-state index in [0.717, 1.165) is 49.8 Å². The third kappa shape index (κ3) is 3.78. The van der Waals surface area contributed by atoms with Crippen LogP contribution in [0.2, 0.25) is 0 Å². The normalized spacial score (nSPS) is 15.4. The molecule has 0 spiro atoms. The van der Waals surface area contributed by atoms with Gasteiger partial charge in [0.1, 0.15) is 17.0 Å². The lowest BCUT2D eigenvalue weighted by atomic mass is 10.2. The molecule has 1 aliphatic rings. The lowest BCUT2D eigenvalue weighted by Crippen LogP contribution is -2.46. The molecule has 0 unspecified atom stereocenters. The van der Waals surface area contributed by atoms with Crippen LogP contribution in [-0.4, -0.2) is 46.0 Å². The van der Waals surface area contributed by atoms with Gasteiger partial charge in [-0.15, -0.1) is 22.7 Å². The number of thiophene rings is 1. The van der Waals surface area contributed by atoms with E-state index in [2.05, 4.69) is 66.9 Å². The second-order valence-electron chi connectivity index (χ2n) is 6.99. The van der Waals surface area contributed by atoms with E-state index in [9.17, 15) is 0 Å². The zero-order valence-corrected chi connectivity index (χ0v) is 17.1. The number of anilines is 1. The molecule has 1 aliphatic heterocycles. The van der Waals surface area contributed by atoms with Crippen molar-refractivity contribution in [1.29, 1.82) is 0 Å². The summed E-state index contributed by atoms with van der Waals surface area (Å²) < 4.78 is 0. The molecule has 0 radical (unpaired) electrons. The highest BCUT2D eigenvalue weighted by Gasteiger charge is 2.21. The van der Waals surface area contributed by atoms with Gasteiger partial charge < -0.3 is 4.90 Å². The topological polar surface area (TPSA) is 45.2 Å². The molecule has 4 heterocycles. The minimum absolute atomic E-state index is 0.920. The van der Waals surface area contributed by atoms with Crippen LogP contribution in [0.25, 0.3) is 10.2 Å². The van der Waals surface area contributed by atoms with Crippen molar-refractivity contribution in [3.63, 3.8) is 0 Å². The maximum Gasteiger partial charge on any atom is 0.140 e. The first-order chi connectivity index (χ1) is 13.8. The van der Waals surface area contributed by atoms with Crippen molar-refractivity contribution in [3.8, 4) is 0 Å². The highest BCUT2D eigenvalue weighted by molar-refractivity contribution is 7.16. The van der Waals surface area contributed by atoms with Crippen LogP contribution in [0.5, 0.6) is 0 Å². The first-order valence-corrected chi connectivity index (χ1v) is 11.2. The van der Waals surface area contributed by atoms with Gasteiger partial charge in [0, 0.05) is 44.5 Å². The van der Waals surface area contributed by atoms with Crippen LogP contribution in [0.3, 0.4) is 0 Å². The molecule has 0 amide bonds. The average Bonchev–Trinajstić information content (AvgIpc) is 3.39. The van der Waals surface area contributed by atoms with Crippen LogP contribution < -0.4 is 4.90 Å². The number of hydrogen-bond donors (Lipinski definition) is 0. The molecule has 5 nitrogen and oxygen atoms in total. The number of benzene rings is 1. The van der Waals surface area contributed by atoms with E-state index in [1.54, 1.807) is 29.0 Å². The Morgan fingerprint density at radius 1 is 0.929 bits per heavy atom. The quantitative estimate of drug-likeness (QED) is 0.499. The predicted molar refractivity (Wildman–Crippen MR) is 116 cm³/mol. The summed E-state index contributed by atoms with van der Waals surface area (Å²) in [5.74, 6) is 1.07. The van der Waals surface area contributed by atoms with E-state index in [-0.39, 0.29) is 0 Å². The van der Waals surface area contributed by atoms with Crippen LogP contribution >= 0.6 is 22.7 Å². The summed E-state index contributed by atoms with van der Waals surface area (Å²) >= 11 is 3.44. The molecular formula is C21H21N5S2. The van der Waals surface area contributed by atoms with Gasteiger partial charge in [-0.25, -0.2) is 15.0 Å². The molecule has 1 aromatic carbocycles. The van der Waals surface area contributed by atoms with Crippen LogP contribution in [0.4, 0.5) is 5.82 Å². The van der Waals surface area contributed by atoms with Crippen LogP contribution in [0.15, 0.2) is 53.5 Å². The Labute approximate surface area is 172 Å². The van der Waals surface area contributed by atoms with Gasteiger partial charge >= 0.3 is 0 Å². The van der Waals surface area contributed by atoms with Gasteiger partial charge in [0.2, 0.25) is 0 Å². The molecule has 1 saturated heterocycles. The van der Waals surface area contributed by atoms with Gasteiger partial charge in [0.25, 0.3) is 0 Å². The van der Waals surface area contributed by atoms with Crippen LogP contribution in [-0.2, 0) is 13.0 Å². The summed E-state index contributed by atoms with van der Waals surface area (Å²) in [6.07, 6.45) is 2.60. The third-order valence-corrected chi connectivity index (χ3v) is 6.81. The molecule has 0 saturated carbocycles. The third-order valence-electron chi connectivity index (χ3n) is 5.10. The van der Waals surface area contributed by atoms with E-state index >= 15 is 0 Å². The highest BCUT2D eigenvalue weighted by Crippen LogP contribution is 2.27. The SMILES string of the molecule is c1ccc(Cc2nc(CN3CCN(c4ncnc5sccc45)CC3)cs2)cc1. The summed E-state index contributed by atoms with van der Waals surface area (Å²) in [5, 5.41) is 6.67. The lowest BCUT2D eigenvalue weighted by molar-refractivity contribution is 0.247. The van der Waals surface area contributed by atoms with Crippen LogP contribution in [0.1, 0.15) is 16.3 Å². The smallest absolute Gasteiger partial charge is 0.140 e. The molecule has 0 N–H and O–H groups in total. The van der Waals surface area contributed by atoms with Gasteiger partial charge in [-0.05, 0) is 17.0 Å². The Bertz CT molecular complexity index is 1050. The van der Waals surface area contributed by atoms with E-state index in [4.69, 9.17) is 4.98 Å². The fraction of sp³-hybridized carbons (Fsp3) is 0.286. The molecule has 0 bridgehead atoms. The van der Waals surface area contributed by atoms with Gasteiger partial charge in [0.05, 0.1) is 16.1 Å². The van der Waals surface area contributed by atoms with E-state index in [1.165, 1.54) is 21.7 Å². The van der Waals surface area contributed by atoms with Crippen molar-refractivity contribution < 1.29 is 0 Å². The number of rotatable bonds is 5. The summed E-state index contributed by atoms with van der Waals surface area (Å²) in [7, 11) is 0. The molecule has 0 atom stereocenters. The highest BCUT2D eigenvalue weighted by atomic mass is 32.1. The minimum atomic E-state index is 0.920. The maximum atomic E-state index is 4.85. The average molecular weight is 408 g/mol. The van der Waals surface area contributed by atoms with Gasteiger partial charge in [-0.2, -0.15) is 0 Å². The number of hydrogen-bond acceptors (Lipinski definition) is 7. The summed E-state index contributed by atoms with van der Waals surface area (Å²) in [4.78, 5) is 19.7. The number of piperazine rings is 1. The van der Waals surface area contributed by atoms with E-state index in [1.807, 2.05) is 0 Å². The van der Waals surface area contributed by atoms with Gasteiger partial charge in [-0.3, -0.25) is 4.90 Å². The summed E-state index contributed by atoms with van der Waals surface area (Å²) in [6.45, 7) is 4.96. The van der Waals surface area contributed by atoms with Gasteiger partial charge in [0.15, 0.2) is 0 Å². The molecule has 28 heavy (non-hydrogen) atoms. The predicted octanol–water partition coefficient (Wildman–Crippen LogP) is 4.06. The maximum absolute atomic E-state index is 4.85. The van der Waals surface area contributed by atoms with E-state index < -0.39 is 0 Å². The minimum Gasteiger partial charge on any atom is -0.353 e. The fourth-order valence-corrected chi connectivity index (χ4v) is 5.20. The summed E-state index contributed by atoms with van der Waals surface area (Å²) in [5.41, 5.74) is 2.51. The molecular weight excluding hydrogens is 386 g/mol. The largest absolute Gasteiger partial charge is 0.353 e. The Kier molecular flexibility index (Phi) is 5.03. The van der Waals surface area contributed by atoms with Crippen molar-refractivity contribution in [2.45, 2.75) is 13.0 Å². The van der Waals surface area contributed by atoms with Crippen molar-refractivity contribution in [1.82, 2.24) is 19.9 Å². The number of aromatic nitrogens is 3. The van der Waals surface area contributed by atoms with E-state index in [0.29, 0.717) is 0 Å². The fourth-order valence-electron chi connectivity index (χ4n) is 3.65.